The zero-order valence-electron chi connectivity index (χ0n) is 15.0. The number of nitrogens with one attached hydrogen (secondary N) is 3. The number of hydrogen-bond donors (Lipinski definition) is 3. The normalized spacial score (nSPS) is 16.7. The van der Waals surface area contributed by atoms with E-state index in [1.165, 1.54) is 36.1 Å². The van der Waals surface area contributed by atoms with Crippen LogP contribution in [-0.2, 0) is 0 Å². The molecule has 0 saturated heterocycles. The van der Waals surface area contributed by atoms with E-state index in [2.05, 4.69) is 37.5 Å². The summed E-state index contributed by atoms with van der Waals surface area (Å²) in [6.07, 6.45) is 7.69. The van der Waals surface area contributed by atoms with Gasteiger partial charge >= 0.3 is 0 Å². The van der Waals surface area contributed by atoms with E-state index in [0.717, 1.165) is 17.8 Å². The summed E-state index contributed by atoms with van der Waals surface area (Å²) in [5.41, 5.74) is 7.96. The van der Waals surface area contributed by atoms with Crippen molar-refractivity contribution in [2.75, 3.05) is 13.6 Å². The fraction of sp³-hybridized carbons (Fsp3) is 0.526. The van der Waals surface area contributed by atoms with Gasteiger partial charge in [0, 0.05) is 25.0 Å². The molecule has 0 atom stereocenters. The Kier molecular flexibility index (Phi) is 7.16. The summed E-state index contributed by atoms with van der Waals surface area (Å²) in [5.74, 6) is 0. The molecule has 22 heavy (non-hydrogen) atoms. The molecule has 0 aromatic heterocycles. The van der Waals surface area contributed by atoms with Crippen molar-refractivity contribution in [2.24, 2.45) is 0 Å². The van der Waals surface area contributed by atoms with E-state index in [1.54, 1.807) is 5.57 Å². The number of allylic oxidation sites excluding steroid dienone is 7. The predicted molar refractivity (Wildman–Crippen MR) is 97.2 cm³/mol. The van der Waals surface area contributed by atoms with Gasteiger partial charge in [0.25, 0.3) is 0 Å². The van der Waals surface area contributed by atoms with Crippen LogP contribution < -0.4 is 10.6 Å². The molecule has 0 aromatic rings. The van der Waals surface area contributed by atoms with E-state index in [4.69, 9.17) is 5.41 Å². The van der Waals surface area contributed by atoms with Crippen LogP contribution in [0.25, 0.3) is 0 Å². The van der Waals surface area contributed by atoms with Crippen molar-refractivity contribution >= 4 is 5.71 Å². The van der Waals surface area contributed by atoms with E-state index in [1.807, 2.05) is 27.0 Å². The number of rotatable bonds is 7. The molecule has 1 saturated carbocycles. The van der Waals surface area contributed by atoms with Gasteiger partial charge in [-0.15, -0.1) is 0 Å². The van der Waals surface area contributed by atoms with Crippen molar-refractivity contribution < 1.29 is 0 Å². The lowest BCUT2D eigenvalue weighted by molar-refractivity contribution is 0.634. The molecule has 122 valence electrons. The van der Waals surface area contributed by atoms with Crippen LogP contribution in [0.3, 0.4) is 0 Å². The molecular weight excluding hydrogens is 270 g/mol. The van der Waals surface area contributed by atoms with Gasteiger partial charge in [-0.1, -0.05) is 6.08 Å². The Labute approximate surface area is 135 Å². The summed E-state index contributed by atoms with van der Waals surface area (Å²) in [6.45, 7) is 11.4. The van der Waals surface area contributed by atoms with Crippen LogP contribution in [0, 0.1) is 5.41 Å². The Morgan fingerprint density at radius 3 is 2.18 bits per heavy atom. The summed E-state index contributed by atoms with van der Waals surface area (Å²) in [5, 5.41) is 14.8. The van der Waals surface area contributed by atoms with Gasteiger partial charge in [0.05, 0.1) is 5.71 Å². The van der Waals surface area contributed by atoms with E-state index in [0.29, 0.717) is 5.71 Å². The maximum absolute atomic E-state index is 8.15. The van der Waals surface area contributed by atoms with Gasteiger partial charge in [-0.25, -0.2) is 0 Å². The summed E-state index contributed by atoms with van der Waals surface area (Å²) >= 11 is 0. The van der Waals surface area contributed by atoms with Crippen molar-refractivity contribution in [3.05, 3.63) is 45.8 Å². The first kappa shape index (κ1) is 18.3. The molecule has 1 fully saturated rings. The highest BCUT2D eigenvalue weighted by Crippen LogP contribution is 2.31. The first-order valence-corrected chi connectivity index (χ1v) is 8.18. The van der Waals surface area contributed by atoms with Crippen molar-refractivity contribution in [1.29, 1.82) is 5.41 Å². The van der Waals surface area contributed by atoms with E-state index < -0.39 is 0 Å². The Balaban J connectivity index is 2.95. The van der Waals surface area contributed by atoms with Crippen LogP contribution in [0.4, 0.5) is 0 Å². The van der Waals surface area contributed by atoms with Gasteiger partial charge in [0.1, 0.15) is 0 Å². The highest BCUT2D eigenvalue weighted by molar-refractivity contribution is 6.06. The van der Waals surface area contributed by atoms with Gasteiger partial charge in [-0.3, -0.25) is 0 Å². The predicted octanol–water partition coefficient (Wildman–Crippen LogP) is 4.46. The molecule has 0 unspecified atom stereocenters. The average molecular weight is 301 g/mol. The smallest absolute Gasteiger partial charge is 0.0586 e. The lowest BCUT2D eigenvalue weighted by Crippen LogP contribution is -2.19. The lowest BCUT2D eigenvalue weighted by Gasteiger charge is -2.24. The van der Waals surface area contributed by atoms with Gasteiger partial charge in [0.2, 0.25) is 0 Å². The van der Waals surface area contributed by atoms with E-state index in [-0.39, 0.29) is 0 Å². The highest BCUT2D eigenvalue weighted by atomic mass is 14.9. The monoisotopic (exact) mass is 301 g/mol. The second kappa shape index (κ2) is 8.62. The van der Waals surface area contributed by atoms with Crippen LogP contribution in [-0.4, -0.2) is 19.3 Å². The van der Waals surface area contributed by atoms with Crippen molar-refractivity contribution in [2.45, 2.75) is 53.9 Å². The van der Waals surface area contributed by atoms with Crippen LogP contribution in [0.15, 0.2) is 45.8 Å². The van der Waals surface area contributed by atoms with Crippen molar-refractivity contribution in [3.8, 4) is 0 Å². The maximum Gasteiger partial charge on any atom is 0.0586 e. The third-order valence-electron chi connectivity index (χ3n) is 4.47. The molecule has 1 aliphatic rings. The second-order valence-corrected chi connectivity index (χ2v) is 5.92. The number of likely N-dealkylation sites (N-methyl/N-ethyl adjacent to an activating group) is 1. The molecule has 0 heterocycles. The third kappa shape index (κ3) is 4.62. The van der Waals surface area contributed by atoms with Crippen LogP contribution in [0.1, 0.15) is 53.9 Å². The molecule has 3 nitrogen and oxygen atoms in total. The zero-order valence-corrected chi connectivity index (χ0v) is 15.0. The summed E-state index contributed by atoms with van der Waals surface area (Å²) in [7, 11) is 1.89. The minimum atomic E-state index is 0.556. The minimum absolute atomic E-state index is 0.556. The minimum Gasteiger partial charge on any atom is -0.391 e. The van der Waals surface area contributed by atoms with Crippen molar-refractivity contribution in [1.82, 2.24) is 10.6 Å². The van der Waals surface area contributed by atoms with Gasteiger partial charge in [-0.05, 0) is 82.2 Å². The van der Waals surface area contributed by atoms with E-state index in [9.17, 15) is 0 Å². The molecule has 3 N–H and O–H groups in total. The zero-order chi connectivity index (χ0) is 16.7. The molecule has 0 radical (unpaired) electrons. The molecule has 0 aromatic carbocycles. The molecule has 1 rings (SSSR count). The molecule has 0 aliphatic heterocycles. The first-order chi connectivity index (χ1) is 10.4. The average Bonchev–Trinajstić information content (AvgIpc) is 2.47. The van der Waals surface area contributed by atoms with Crippen molar-refractivity contribution in [3.63, 3.8) is 0 Å². The lowest BCUT2D eigenvalue weighted by atomic mass is 9.87. The van der Waals surface area contributed by atoms with Gasteiger partial charge in [0.15, 0.2) is 0 Å². The summed E-state index contributed by atoms with van der Waals surface area (Å²) in [6, 6.07) is 0. The topological polar surface area (TPSA) is 47.9 Å². The molecule has 3 heteroatoms. The summed E-state index contributed by atoms with van der Waals surface area (Å²) < 4.78 is 0. The second-order valence-electron chi connectivity index (χ2n) is 5.92. The summed E-state index contributed by atoms with van der Waals surface area (Å²) in [4.78, 5) is 0. The Morgan fingerprint density at radius 2 is 1.73 bits per heavy atom. The number of hydrogen-bond acceptors (Lipinski definition) is 3. The fourth-order valence-corrected chi connectivity index (χ4v) is 2.35. The highest BCUT2D eigenvalue weighted by Gasteiger charge is 2.16. The van der Waals surface area contributed by atoms with Gasteiger partial charge < -0.3 is 16.0 Å². The Bertz CT molecular complexity index is 539. The largest absolute Gasteiger partial charge is 0.391 e. The van der Waals surface area contributed by atoms with Crippen LogP contribution in [0.2, 0.25) is 0 Å². The quantitative estimate of drug-likeness (QED) is 0.480. The molecule has 1 aliphatic carbocycles. The maximum atomic E-state index is 8.15. The third-order valence-corrected chi connectivity index (χ3v) is 4.47. The first-order valence-electron chi connectivity index (χ1n) is 8.18. The fourth-order valence-electron chi connectivity index (χ4n) is 2.35. The van der Waals surface area contributed by atoms with Gasteiger partial charge in [-0.2, -0.15) is 0 Å². The molecule has 0 amide bonds. The van der Waals surface area contributed by atoms with Crippen LogP contribution in [0.5, 0.6) is 0 Å². The Hall–Kier alpha value is -1.77. The van der Waals surface area contributed by atoms with E-state index >= 15 is 0 Å². The van der Waals surface area contributed by atoms with Crippen LogP contribution >= 0.6 is 0 Å². The Morgan fingerprint density at radius 1 is 1.09 bits per heavy atom. The standard InChI is InChI=1S/C19H31N3/c1-7-22-19(17-9-8-10-17)14(3)13(2)11-12-18(20)15(4)16(5)21-6/h11-12,20-22H,7-10H2,1-6H3/b12-11+,14-13+,16-15+,20-18?. The molecule has 0 bridgehead atoms. The molecule has 0 spiro atoms. The SMILES string of the molecule is CCNC(=C1CCC1)/C(C)=C(C)/C=C/C(=N)/C(C)=C(\C)NC. The molecular formula is C19H31N3.